The van der Waals surface area contributed by atoms with Crippen molar-refractivity contribution in [3.05, 3.63) is 57.6 Å². The normalized spacial score (nSPS) is 10.2. The molecule has 0 fully saturated rings. The predicted octanol–water partition coefficient (Wildman–Crippen LogP) is 3.94. The molecular formula is C16H15Cl2NO3. The molecule has 2 rings (SSSR count). The number of carbonyl (C=O) groups excluding carboxylic acids is 1. The molecular weight excluding hydrogens is 325 g/mol. The van der Waals surface area contributed by atoms with Crippen LogP contribution in [0.5, 0.6) is 11.5 Å². The molecule has 4 nitrogen and oxygen atoms in total. The van der Waals surface area contributed by atoms with Crippen molar-refractivity contribution in [3.63, 3.8) is 0 Å². The van der Waals surface area contributed by atoms with Crippen molar-refractivity contribution in [1.29, 1.82) is 0 Å². The van der Waals surface area contributed by atoms with Gasteiger partial charge in [0, 0.05) is 17.6 Å². The first-order valence-corrected chi connectivity index (χ1v) is 7.24. The Kier molecular flexibility index (Phi) is 5.52. The second-order valence-corrected chi connectivity index (χ2v) is 5.37. The minimum atomic E-state index is -0.275. The summed E-state index contributed by atoms with van der Waals surface area (Å²) >= 11 is 11.8. The number of ether oxygens (including phenoxy) is 2. The Bertz CT molecular complexity index is 667. The topological polar surface area (TPSA) is 47.6 Å². The third-order valence-corrected chi connectivity index (χ3v) is 3.59. The molecule has 0 atom stereocenters. The van der Waals surface area contributed by atoms with Gasteiger partial charge in [0.05, 0.1) is 24.8 Å². The summed E-state index contributed by atoms with van der Waals surface area (Å²) in [5, 5.41) is 3.60. The van der Waals surface area contributed by atoms with Gasteiger partial charge in [-0.05, 0) is 35.9 Å². The summed E-state index contributed by atoms with van der Waals surface area (Å²) in [6.45, 7) is 0.325. The van der Waals surface area contributed by atoms with Gasteiger partial charge in [0.25, 0.3) is 5.91 Å². The van der Waals surface area contributed by atoms with Crippen molar-refractivity contribution in [3.8, 4) is 11.5 Å². The zero-order valence-electron chi connectivity index (χ0n) is 12.2. The molecule has 0 aliphatic carbocycles. The van der Waals surface area contributed by atoms with Crippen molar-refractivity contribution in [2.45, 2.75) is 6.54 Å². The molecule has 0 bridgehead atoms. The highest BCUT2D eigenvalue weighted by Gasteiger charge is 2.11. The lowest BCUT2D eigenvalue weighted by Gasteiger charge is -2.10. The molecule has 2 aromatic carbocycles. The fourth-order valence-electron chi connectivity index (χ4n) is 1.92. The van der Waals surface area contributed by atoms with Gasteiger partial charge in [-0.1, -0.05) is 23.2 Å². The zero-order chi connectivity index (χ0) is 16.1. The molecule has 0 radical (unpaired) electrons. The number of benzene rings is 2. The van der Waals surface area contributed by atoms with Gasteiger partial charge in [0.1, 0.15) is 11.5 Å². The van der Waals surface area contributed by atoms with Crippen molar-refractivity contribution in [2.75, 3.05) is 14.2 Å². The zero-order valence-corrected chi connectivity index (χ0v) is 13.7. The van der Waals surface area contributed by atoms with Crippen LogP contribution in [0.25, 0.3) is 0 Å². The third-order valence-electron chi connectivity index (χ3n) is 3.04. The standard InChI is InChI=1S/C16H15Cl2NO3/c1-21-12-5-10(6-13(8-12)22-2)9-19-16(20)14-4-3-11(17)7-15(14)18/h3-8H,9H2,1-2H3,(H,19,20). The van der Waals surface area contributed by atoms with E-state index in [0.29, 0.717) is 33.7 Å². The van der Waals surface area contributed by atoms with E-state index in [1.807, 2.05) is 12.1 Å². The monoisotopic (exact) mass is 339 g/mol. The predicted molar refractivity (Wildman–Crippen MR) is 87.2 cm³/mol. The first-order chi connectivity index (χ1) is 10.5. The van der Waals surface area contributed by atoms with Gasteiger partial charge < -0.3 is 14.8 Å². The summed E-state index contributed by atoms with van der Waals surface area (Å²) in [6, 6.07) is 10.2. The molecule has 0 heterocycles. The number of methoxy groups -OCH3 is 2. The molecule has 116 valence electrons. The van der Waals surface area contributed by atoms with Gasteiger partial charge in [-0.3, -0.25) is 4.79 Å². The molecule has 0 aliphatic heterocycles. The molecule has 0 spiro atoms. The number of rotatable bonds is 5. The smallest absolute Gasteiger partial charge is 0.253 e. The number of hydrogen-bond donors (Lipinski definition) is 1. The maximum absolute atomic E-state index is 12.2. The van der Waals surface area contributed by atoms with E-state index in [1.54, 1.807) is 32.4 Å². The molecule has 22 heavy (non-hydrogen) atoms. The van der Waals surface area contributed by atoms with Gasteiger partial charge >= 0.3 is 0 Å². The van der Waals surface area contributed by atoms with Crippen LogP contribution in [0, 0.1) is 0 Å². The Morgan fingerprint density at radius 3 is 2.23 bits per heavy atom. The largest absolute Gasteiger partial charge is 0.497 e. The third kappa shape index (κ3) is 4.06. The average Bonchev–Trinajstić information content (AvgIpc) is 2.52. The Balaban J connectivity index is 2.10. The van der Waals surface area contributed by atoms with Crippen LogP contribution < -0.4 is 14.8 Å². The van der Waals surface area contributed by atoms with Crippen LogP contribution in [-0.4, -0.2) is 20.1 Å². The number of amides is 1. The quantitative estimate of drug-likeness (QED) is 0.897. The maximum Gasteiger partial charge on any atom is 0.253 e. The van der Waals surface area contributed by atoms with Crippen molar-refractivity contribution >= 4 is 29.1 Å². The van der Waals surface area contributed by atoms with E-state index in [2.05, 4.69) is 5.32 Å². The summed E-state index contributed by atoms with van der Waals surface area (Å²) in [5.74, 6) is 1.05. The summed E-state index contributed by atoms with van der Waals surface area (Å²) in [5.41, 5.74) is 1.23. The number of carbonyl (C=O) groups is 1. The average molecular weight is 340 g/mol. The first kappa shape index (κ1) is 16.5. The van der Waals surface area contributed by atoms with Crippen LogP contribution in [0.1, 0.15) is 15.9 Å². The molecule has 0 unspecified atom stereocenters. The van der Waals surface area contributed by atoms with Crippen LogP contribution in [-0.2, 0) is 6.54 Å². The van der Waals surface area contributed by atoms with E-state index in [1.165, 1.54) is 6.07 Å². The van der Waals surface area contributed by atoms with E-state index in [4.69, 9.17) is 32.7 Å². The maximum atomic E-state index is 12.2. The van der Waals surface area contributed by atoms with E-state index in [-0.39, 0.29) is 5.91 Å². The lowest BCUT2D eigenvalue weighted by atomic mass is 10.1. The molecule has 2 aromatic rings. The van der Waals surface area contributed by atoms with Gasteiger partial charge in [0.15, 0.2) is 0 Å². The lowest BCUT2D eigenvalue weighted by Crippen LogP contribution is -2.23. The molecule has 1 N–H and O–H groups in total. The number of hydrogen-bond acceptors (Lipinski definition) is 3. The molecule has 0 aromatic heterocycles. The molecule has 0 saturated carbocycles. The van der Waals surface area contributed by atoms with E-state index >= 15 is 0 Å². The van der Waals surface area contributed by atoms with E-state index in [0.717, 1.165) is 5.56 Å². The van der Waals surface area contributed by atoms with Gasteiger partial charge in [0.2, 0.25) is 0 Å². The fraction of sp³-hybridized carbons (Fsp3) is 0.188. The summed E-state index contributed by atoms with van der Waals surface area (Å²) in [6.07, 6.45) is 0. The van der Waals surface area contributed by atoms with Crippen molar-refractivity contribution < 1.29 is 14.3 Å². The Morgan fingerprint density at radius 1 is 1.05 bits per heavy atom. The van der Waals surface area contributed by atoms with Crippen LogP contribution in [0.4, 0.5) is 0 Å². The highest BCUT2D eigenvalue weighted by Crippen LogP contribution is 2.23. The number of nitrogens with one attached hydrogen (secondary N) is 1. The summed E-state index contributed by atoms with van der Waals surface area (Å²) in [7, 11) is 3.15. The molecule has 6 heteroatoms. The molecule has 0 aliphatic rings. The lowest BCUT2D eigenvalue weighted by molar-refractivity contribution is 0.0951. The van der Waals surface area contributed by atoms with Crippen LogP contribution in [0.15, 0.2) is 36.4 Å². The Morgan fingerprint density at radius 2 is 1.68 bits per heavy atom. The molecule has 0 saturated heterocycles. The van der Waals surface area contributed by atoms with Crippen molar-refractivity contribution in [1.82, 2.24) is 5.32 Å². The van der Waals surface area contributed by atoms with Gasteiger partial charge in [-0.2, -0.15) is 0 Å². The Labute approximate surface area is 138 Å². The highest BCUT2D eigenvalue weighted by atomic mass is 35.5. The molecule has 1 amide bonds. The van der Waals surface area contributed by atoms with Crippen LogP contribution in [0.2, 0.25) is 10.0 Å². The van der Waals surface area contributed by atoms with Crippen LogP contribution >= 0.6 is 23.2 Å². The second-order valence-electron chi connectivity index (χ2n) is 4.53. The van der Waals surface area contributed by atoms with E-state index in [9.17, 15) is 4.79 Å². The van der Waals surface area contributed by atoms with Crippen molar-refractivity contribution in [2.24, 2.45) is 0 Å². The van der Waals surface area contributed by atoms with Crippen LogP contribution in [0.3, 0.4) is 0 Å². The minimum absolute atomic E-state index is 0.275. The van der Waals surface area contributed by atoms with Gasteiger partial charge in [-0.25, -0.2) is 0 Å². The number of halogens is 2. The first-order valence-electron chi connectivity index (χ1n) is 6.48. The highest BCUT2D eigenvalue weighted by molar-refractivity contribution is 6.36. The SMILES string of the molecule is COc1cc(CNC(=O)c2ccc(Cl)cc2Cl)cc(OC)c1. The second kappa shape index (κ2) is 7.38. The van der Waals surface area contributed by atoms with E-state index < -0.39 is 0 Å². The summed E-state index contributed by atoms with van der Waals surface area (Å²) < 4.78 is 10.4. The summed E-state index contributed by atoms with van der Waals surface area (Å²) in [4.78, 5) is 12.2. The Hall–Kier alpha value is -1.91. The minimum Gasteiger partial charge on any atom is -0.497 e. The van der Waals surface area contributed by atoms with Gasteiger partial charge in [-0.15, -0.1) is 0 Å². The fourth-order valence-corrected chi connectivity index (χ4v) is 2.41.